The first kappa shape index (κ1) is 12.0. The van der Waals surface area contributed by atoms with Gasteiger partial charge in [0.2, 0.25) is 0 Å². The maximum atomic E-state index is 13.6. The number of aromatic nitrogens is 1. The van der Waals surface area contributed by atoms with Gasteiger partial charge in [0.05, 0.1) is 0 Å². The lowest BCUT2D eigenvalue weighted by Crippen LogP contribution is -2.18. The molecule has 1 aromatic carbocycles. The molecule has 92 valence electrons. The first-order valence-electron chi connectivity index (χ1n) is 4.91. The van der Waals surface area contributed by atoms with Crippen LogP contribution >= 0.6 is 0 Å². The zero-order chi connectivity index (χ0) is 13.3. The van der Waals surface area contributed by atoms with E-state index >= 15 is 0 Å². The quantitative estimate of drug-likeness (QED) is 0.857. The van der Waals surface area contributed by atoms with E-state index in [0.717, 1.165) is 12.1 Å². The molecule has 0 aliphatic heterocycles. The number of hydrogen-bond donors (Lipinski definition) is 2. The fourth-order valence-electron chi connectivity index (χ4n) is 1.62. The fourth-order valence-corrected chi connectivity index (χ4v) is 1.62. The van der Waals surface area contributed by atoms with Crippen molar-refractivity contribution >= 4 is 5.97 Å². The summed E-state index contributed by atoms with van der Waals surface area (Å²) in [6.45, 7) is 0. The number of benzene rings is 1. The Labute approximate surface area is 99.5 Å². The summed E-state index contributed by atoms with van der Waals surface area (Å²) in [5.74, 6) is -3.18. The lowest BCUT2D eigenvalue weighted by molar-refractivity contribution is 0.0696. The van der Waals surface area contributed by atoms with Crippen LogP contribution in [0, 0.1) is 11.6 Å². The number of nitrogens with one attached hydrogen (secondary N) is 1. The molecule has 4 nitrogen and oxygen atoms in total. The third-order valence-electron chi connectivity index (χ3n) is 2.40. The second-order valence-corrected chi connectivity index (χ2v) is 3.52. The summed E-state index contributed by atoms with van der Waals surface area (Å²) in [5, 5.41) is 8.94. The Bertz CT molecular complexity index is 679. The Morgan fingerprint density at radius 1 is 1.17 bits per heavy atom. The van der Waals surface area contributed by atoms with Crippen molar-refractivity contribution in [2.45, 2.75) is 0 Å². The Balaban J connectivity index is 2.75. The maximum Gasteiger partial charge on any atom is 0.341 e. The normalized spacial score (nSPS) is 10.3. The van der Waals surface area contributed by atoms with Crippen molar-refractivity contribution in [3.05, 3.63) is 58.0 Å². The van der Waals surface area contributed by atoms with Crippen LogP contribution in [0.5, 0.6) is 0 Å². The summed E-state index contributed by atoms with van der Waals surface area (Å²) in [4.78, 5) is 24.6. The lowest BCUT2D eigenvalue weighted by Gasteiger charge is -2.06. The van der Waals surface area contributed by atoms with Crippen LogP contribution in [0.15, 0.2) is 35.3 Å². The minimum Gasteiger partial charge on any atom is -0.477 e. The van der Waals surface area contributed by atoms with Gasteiger partial charge in [0, 0.05) is 23.4 Å². The fraction of sp³-hybridized carbons (Fsp3) is 0. The largest absolute Gasteiger partial charge is 0.477 e. The molecule has 0 amide bonds. The van der Waals surface area contributed by atoms with Crippen molar-refractivity contribution in [3.63, 3.8) is 0 Å². The third-order valence-corrected chi connectivity index (χ3v) is 2.40. The predicted molar refractivity (Wildman–Crippen MR) is 59.4 cm³/mol. The summed E-state index contributed by atoms with van der Waals surface area (Å²) >= 11 is 0. The van der Waals surface area contributed by atoms with Crippen LogP contribution < -0.4 is 5.56 Å². The second kappa shape index (κ2) is 4.40. The van der Waals surface area contributed by atoms with E-state index in [1.165, 1.54) is 12.3 Å². The highest BCUT2D eigenvalue weighted by Crippen LogP contribution is 2.24. The molecule has 18 heavy (non-hydrogen) atoms. The Kier molecular flexibility index (Phi) is 2.93. The number of H-pyrrole nitrogens is 1. The van der Waals surface area contributed by atoms with Gasteiger partial charge in [-0.15, -0.1) is 0 Å². The van der Waals surface area contributed by atoms with E-state index in [9.17, 15) is 18.4 Å². The molecule has 1 heterocycles. The summed E-state index contributed by atoms with van der Waals surface area (Å²) < 4.78 is 26.3. The molecule has 0 saturated carbocycles. The number of halogens is 2. The molecule has 0 aliphatic carbocycles. The number of aromatic carboxylic acids is 1. The van der Waals surface area contributed by atoms with E-state index in [1.807, 2.05) is 0 Å². The van der Waals surface area contributed by atoms with Crippen molar-refractivity contribution in [1.82, 2.24) is 4.98 Å². The number of pyridine rings is 1. The number of carbonyl (C=O) groups is 1. The van der Waals surface area contributed by atoms with Crippen molar-refractivity contribution in [2.75, 3.05) is 0 Å². The average Bonchev–Trinajstić information content (AvgIpc) is 2.28. The molecule has 0 bridgehead atoms. The van der Waals surface area contributed by atoms with Crippen LogP contribution in [0.3, 0.4) is 0 Å². The van der Waals surface area contributed by atoms with Crippen LogP contribution in [-0.4, -0.2) is 16.1 Å². The van der Waals surface area contributed by atoms with Gasteiger partial charge in [-0.2, -0.15) is 0 Å². The molecule has 0 saturated heterocycles. The molecule has 0 spiro atoms. The van der Waals surface area contributed by atoms with Crippen LogP contribution in [0.2, 0.25) is 0 Å². The monoisotopic (exact) mass is 251 g/mol. The zero-order valence-electron chi connectivity index (χ0n) is 8.91. The highest BCUT2D eigenvalue weighted by Gasteiger charge is 2.18. The van der Waals surface area contributed by atoms with Gasteiger partial charge < -0.3 is 10.1 Å². The summed E-state index contributed by atoms with van der Waals surface area (Å²) in [6.07, 6.45) is 1.20. The molecular weight excluding hydrogens is 244 g/mol. The summed E-state index contributed by atoms with van der Waals surface area (Å²) in [6, 6.07) is 3.96. The average molecular weight is 251 g/mol. The van der Waals surface area contributed by atoms with Gasteiger partial charge in [0.1, 0.15) is 17.2 Å². The topological polar surface area (TPSA) is 70.2 Å². The van der Waals surface area contributed by atoms with E-state index in [-0.39, 0.29) is 11.1 Å². The highest BCUT2D eigenvalue weighted by atomic mass is 19.1. The standard InChI is InChI=1S/C12H7F2NO3/c13-6-1-2-7(9(14)5-6)8-3-4-15-11(16)10(8)12(17)18/h1-5H,(H,15,16)(H,17,18). The van der Waals surface area contributed by atoms with Crippen molar-refractivity contribution in [1.29, 1.82) is 0 Å². The molecule has 2 rings (SSSR count). The maximum absolute atomic E-state index is 13.6. The number of carboxylic acids is 1. The number of rotatable bonds is 2. The molecule has 0 unspecified atom stereocenters. The van der Waals surface area contributed by atoms with Crippen molar-refractivity contribution in [2.24, 2.45) is 0 Å². The smallest absolute Gasteiger partial charge is 0.341 e. The third kappa shape index (κ3) is 2.00. The molecule has 2 aromatic rings. The number of carboxylic acid groups (broad SMARTS) is 1. The van der Waals surface area contributed by atoms with Crippen LogP contribution in [0.25, 0.3) is 11.1 Å². The van der Waals surface area contributed by atoms with Crippen LogP contribution in [-0.2, 0) is 0 Å². The molecule has 0 radical (unpaired) electrons. The van der Waals surface area contributed by atoms with Gasteiger partial charge >= 0.3 is 5.97 Å². The van der Waals surface area contributed by atoms with Crippen LogP contribution in [0.4, 0.5) is 8.78 Å². The second-order valence-electron chi connectivity index (χ2n) is 3.52. The van der Waals surface area contributed by atoms with Gasteiger partial charge in [-0.1, -0.05) is 0 Å². The van der Waals surface area contributed by atoms with E-state index in [2.05, 4.69) is 4.98 Å². The SMILES string of the molecule is O=C(O)c1c(-c2ccc(F)cc2F)cc[nH]c1=O. The van der Waals surface area contributed by atoms with Gasteiger partial charge in [-0.25, -0.2) is 13.6 Å². The number of hydrogen-bond acceptors (Lipinski definition) is 2. The minimum absolute atomic E-state index is 0.0937. The van der Waals surface area contributed by atoms with Gasteiger partial charge in [0.15, 0.2) is 0 Å². The van der Waals surface area contributed by atoms with Gasteiger partial charge in [-0.05, 0) is 18.2 Å². The lowest BCUT2D eigenvalue weighted by atomic mass is 10.0. The van der Waals surface area contributed by atoms with Gasteiger partial charge in [-0.3, -0.25) is 4.79 Å². The Morgan fingerprint density at radius 3 is 2.50 bits per heavy atom. The minimum atomic E-state index is -1.48. The highest BCUT2D eigenvalue weighted by molar-refractivity contribution is 5.95. The molecule has 0 atom stereocenters. The van der Waals surface area contributed by atoms with E-state index in [4.69, 9.17) is 5.11 Å². The molecule has 0 fully saturated rings. The molecule has 6 heteroatoms. The Morgan fingerprint density at radius 2 is 1.89 bits per heavy atom. The molecule has 1 aromatic heterocycles. The first-order valence-corrected chi connectivity index (χ1v) is 4.91. The molecular formula is C12H7F2NO3. The zero-order valence-corrected chi connectivity index (χ0v) is 8.91. The summed E-state index contributed by atoms with van der Waals surface area (Å²) in [7, 11) is 0. The predicted octanol–water partition coefficient (Wildman–Crippen LogP) is 2.02. The first-order chi connectivity index (χ1) is 8.50. The van der Waals surface area contributed by atoms with Crippen LogP contribution in [0.1, 0.15) is 10.4 Å². The van der Waals surface area contributed by atoms with Gasteiger partial charge in [0.25, 0.3) is 5.56 Å². The molecule has 2 N–H and O–H groups in total. The number of aromatic amines is 1. The summed E-state index contributed by atoms with van der Waals surface area (Å²) in [5.41, 5.74) is -1.66. The van der Waals surface area contributed by atoms with Crippen molar-refractivity contribution < 1.29 is 18.7 Å². The Hall–Kier alpha value is -2.50. The van der Waals surface area contributed by atoms with E-state index in [1.54, 1.807) is 0 Å². The van der Waals surface area contributed by atoms with Crippen molar-refractivity contribution in [3.8, 4) is 11.1 Å². The molecule has 0 aliphatic rings. The van der Waals surface area contributed by atoms with E-state index in [0.29, 0.717) is 6.07 Å². The van der Waals surface area contributed by atoms with E-state index < -0.39 is 28.7 Å².